The minimum atomic E-state index is -1.07. The number of aryl methyl sites for hydroxylation is 1. The van der Waals surface area contributed by atoms with E-state index in [2.05, 4.69) is 37.2 Å². The quantitative estimate of drug-likeness (QED) is 0.351. The Hall–Kier alpha value is -1.74. The fourth-order valence-electron chi connectivity index (χ4n) is 5.04. The zero-order chi connectivity index (χ0) is 21.7. The van der Waals surface area contributed by atoms with E-state index < -0.39 is 24.5 Å². The first-order valence-corrected chi connectivity index (χ1v) is 11.7. The summed E-state index contributed by atoms with van der Waals surface area (Å²) >= 11 is 7.28. The normalized spacial score (nSPS) is 32.9. The Morgan fingerprint density at radius 3 is 2.33 bits per heavy atom. The summed E-state index contributed by atoms with van der Waals surface area (Å²) in [5.74, 6) is -2.50. The Balaban J connectivity index is 1.37. The van der Waals surface area contributed by atoms with Gasteiger partial charge in [0.1, 0.15) is 6.04 Å². The van der Waals surface area contributed by atoms with Crippen molar-refractivity contribution in [2.24, 2.45) is 23.7 Å². The molecule has 2 bridgehead atoms. The number of esters is 1. The minimum Gasteiger partial charge on any atom is -0.454 e. The van der Waals surface area contributed by atoms with Crippen LogP contribution in [-0.4, -0.2) is 50.9 Å². The molecule has 0 spiro atoms. The van der Waals surface area contributed by atoms with Gasteiger partial charge in [-0.1, -0.05) is 44.0 Å². The number of benzene rings is 1. The van der Waals surface area contributed by atoms with Gasteiger partial charge in [-0.2, -0.15) is 0 Å². The summed E-state index contributed by atoms with van der Waals surface area (Å²) in [6.45, 7) is 2.88. The number of carbonyl (C=O) groups is 4. The molecule has 1 aromatic rings. The number of imide groups is 1. The second-order valence-corrected chi connectivity index (χ2v) is 10.4. The molecule has 3 amide bonds. The average Bonchev–Trinajstić information content (AvgIpc) is 3.30. The van der Waals surface area contributed by atoms with E-state index in [0.717, 1.165) is 16.9 Å². The van der Waals surface area contributed by atoms with Crippen LogP contribution < -0.4 is 5.32 Å². The molecule has 1 saturated heterocycles. The lowest BCUT2D eigenvalue weighted by Gasteiger charge is -2.28. The van der Waals surface area contributed by atoms with Gasteiger partial charge in [0.15, 0.2) is 6.61 Å². The topological polar surface area (TPSA) is 92.8 Å². The van der Waals surface area contributed by atoms with Gasteiger partial charge in [-0.25, -0.2) is 4.79 Å². The standard InChI is InChI=1S/C21H22Br2N2O5/c1-9-4-3-5-11(6-9)24-14(26)8-30-21(29)10(2)25-19(27)15-12-7-13(16(15)20(25)28)18(23)17(12)22/h3-6,10,12-13,15-18H,7-8H2,1-2H3,(H,24,26)/t10-,12+,13+,15-,16+,17-,18-/m0/s1. The van der Waals surface area contributed by atoms with E-state index in [0.29, 0.717) is 5.69 Å². The van der Waals surface area contributed by atoms with Crippen molar-refractivity contribution >= 4 is 61.2 Å². The molecule has 9 heteroatoms. The second-order valence-electron chi connectivity index (χ2n) is 8.25. The summed E-state index contributed by atoms with van der Waals surface area (Å²) < 4.78 is 5.10. The summed E-state index contributed by atoms with van der Waals surface area (Å²) in [6, 6.07) is 6.18. The van der Waals surface area contributed by atoms with Gasteiger partial charge in [-0.05, 0) is 49.8 Å². The zero-order valence-electron chi connectivity index (χ0n) is 16.5. The molecule has 3 fully saturated rings. The summed E-state index contributed by atoms with van der Waals surface area (Å²) in [5, 5.41) is 2.65. The number of carbonyl (C=O) groups excluding carboxylic acids is 4. The highest BCUT2D eigenvalue weighted by atomic mass is 79.9. The Kier molecular flexibility index (Phi) is 5.78. The van der Waals surface area contributed by atoms with Gasteiger partial charge in [0.25, 0.3) is 5.91 Å². The molecule has 4 rings (SSSR count). The van der Waals surface area contributed by atoms with Gasteiger partial charge in [0.2, 0.25) is 11.8 Å². The Morgan fingerprint density at radius 1 is 1.17 bits per heavy atom. The molecule has 0 radical (unpaired) electrons. The molecule has 2 saturated carbocycles. The molecule has 0 unspecified atom stereocenters. The Morgan fingerprint density at radius 2 is 1.77 bits per heavy atom. The molecule has 1 aromatic carbocycles. The van der Waals surface area contributed by atoms with E-state index in [1.165, 1.54) is 6.92 Å². The van der Waals surface area contributed by atoms with E-state index in [-0.39, 0.29) is 45.1 Å². The van der Waals surface area contributed by atoms with Crippen molar-refractivity contribution in [1.82, 2.24) is 4.90 Å². The van der Waals surface area contributed by atoms with E-state index in [9.17, 15) is 19.2 Å². The lowest BCUT2D eigenvalue weighted by molar-refractivity contribution is -0.159. The molecule has 30 heavy (non-hydrogen) atoms. The van der Waals surface area contributed by atoms with Crippen LogP contribution in [0.4, 0.5) is 5.69 Å². The van der Waals surface area contributed by atoms with Gasteiger partial charge in [-0.3, -0.25) is 19.3 Å². The molecular weight excluding hydrogens is 520 g/mol. The number of rotatable bonds is 5. The predicted octanol–water partition coefficient (Wildman–Crippen LogP) is 2.64. The number of fused-ring (bicyclic) bond motifs is 5. The molecule has 0 aromatic heterocycles. The van der Waals surface area contributed by atoms with Crippen LogP contribution in [0.1, 0.15) is 18.9 Å². The molecule has 1 N–H and O–H groups in total. The summed E-state index contributed by atoms with van der Waals surface area (Å²) in [5.41, 5.74) is 1.59. The van der Waals surface area contributed by atoms with Crippen molar-refractivity contribution in [1.29, 1.82) is 0 Å². The molecule has 160 valence electrons. The number of nitrogens with one attached hydrogen (secondary N) is 1. The molecule has 1 aliphatic heterocycles. The SMILES string of the molecule is Cc1cccc(NC(=O)COC(=O)[C@H](C)N2C(=O)[C@@H]3[C@H]4C[C@@H]([C@H](Br)[C@H]4Br)[C@@H]3C2=O)c1. The molecule has 2 aliphatic carbocycles. The predicted molar refractivity (Wildman–Crippen MR) is 116 cm³/mol. The second kappa shape index (κ2) is 8.07. The van der Waals surface area contributed by atoms with Gasteiger partial charge < -0.3 is 10.1 Å². The molecular formula is C21H22Br2N2O5. The van der Waals surface area contributed by atoms with Crippen molar-refractivity contribution in [3.8, 4) is 0 Å². The molecule has 3 aliphatic rings. The summed E-state index contributed by atoms with van der Waals surface area (Å²) in [4.78, 5) is 51.8. The average molecular weight is 542 g/mol. The first-order chi connectivity index (χ1) is 14.2. The van der Waals surface area contributed by atoms with Gasteiger partial charge in [-0.15, -0.1) is 0 Å². The first kappa shape index (κ1) is 21.5. The lowest BCUT2D eigenvalue weighted by Crippen LogP contribution is -2.45. The van der Waals surface area contributed by atoms with Gasteiger partial charge >= 0.3 is 5.97 Å². The number of alkyl halides is 2. The molecule has 7 nitrogen and oxygen atoms in total. The first-order valence-electron chi connectivity index (χ1n) is 9.89. The number of anilines is 1. The number of nitrogens with zero attached hydrogens (tertiary/aromatic N) is 1. The molecule has 1 heterocycles. The summed E-state index contributed by atoms with van der Waals surface area (Å²) in [6.07, 6.45) is 0.824. The summed E-state index contributed by atoms with van der Waals surface area (Å²) in [7, 11) is 0. The number of amides is 3. The van der Waals surface area contributed by atoms with E-state index >= 15 is 0 Å². The smallest absolute Gasteiger partial charge is 0.329 e. The van der Waals surface area contributed by atoms with Crippen LogP contribution in [0.5, 0.6) is 0 Å². The third-order valence-corrected chi connectivity index (χ3v) is 9.60. The number of likely N-dealkylation sites (tertiary alicyclic amines) is 1. The van der Waals surface area contributed by atoms with Crippen LogP contribution in [0.25, 0.3) is 0 Å². The number of halogens is 2. The van der Waals surface area contributed by atoms with Gasteiger partial charge in [0, 0.05) is 15.3 Å². The fourth-order valence-corrected chi connectivity index (χ4v) is 6.91. The van der Waals surface area contributed by atoms with Crippen LogP contribution in [0.2, 0.25) is 0 Å². The Bertz CT molecular complexity index is 890. The van der Waals surface area contributed by atoms with Crippen molar-refractivity contribution in [3.05, 3.63) is 29.8 Å². The third kappa shape index (κ3) is 3.49. The lowest BCUT2D eigenvalue weighted by atomic mass is 9.81. The zero-order valence-corrected chi connectivity index (χ0v) is 19.7. The highest BCUT2D eigenvalue weighted by molar-refractivity contribution is 9.12. The van der Waals surface area contributed by atoms with Crippen molar-refractivity contribution < 1.29 is 23.9 Å². The maximum atomic E-state index is 13.0. The van der Waals surface area contributed by atoms with Crippen molar-refractivity contribution in [3.63, 3.8) is 0 Å². The van der Waals surface area contributed by atoms with Crippen LogP contribution >= 0.6 is 31.9 Å². The van der Waals surface area contributed by atoms with Crippen molar-refractivity contribution in [2.45, 2.75) is 36.0 Å². The van der Waals surface area contributed by atoms with Crippen LogP contribution in [0.15, 0.2) is 24.3 Å². The maximum Gasteiger partial charge on any atom is 0.329 e. The van der Waals surface area contributed by atoms with Gasteiger partial charge in [0.05, 0.1) is 11.8 Å². The van der Waals surface area contributed by atoms with Crippen LogP contribution in [0, 0.1) is 30.6 Å². The van der Waals surface area contributed by atoms with E-state index in [4.69, 9.17) is 4.74 Å². The Labute approximate surface area is 191 Å². The van der Waals surface area contributed by atoms with Crippen LogP contribution in [-0.2, 0) is 23.9 Å². The number of hydrogen-bond acceptors (Lipinski definition) is 5. The van der Waals surface area contributed by atoms with Crippen LogP contribution in [0.3, 0.4) is 0 Å². The largest absolute Gasteiger partial charge is 0.454 e. The highest BCUT2D eigenvalue weighted by Gasteiger charge is 2.67. The van der Waals surface area contributed by atoms with E-state index in [1.54, 1.807) is 12.1 Å². The maximum absolute atomic E-state index is 13.0. The molecule has 7 atom stereocenters. The van der Waals surface area contributed by atoms with E-state index in [1.807, 2.05) is 19.1 Å². The number of ether oxygens (including phenoxy) is 1. The monoisotopic (exact) mass is 540 g/mol. The fraction of sp³-hybridized carbons (Fsp3) is 0.524. The highest BCUT2D eigenvalue weighted by Crippen LogP contribution is 2.60. The number of hydrogen-bond donors (Lipinski definition) is 1. The minimum absolute atomic E-state index is 0.0779. The third-order valence-electron chi connectivity index (χ3n) is 6.40. The van der Waals surface area contributed by atoms with Crippen molar-refractivity contribution in [2.75, 3.05) is 11.9 Å².